The summed E-state index contributed by atoms with van der Waals surface area (Å²) < 4.78 is 27.0. The van der Waals surface area contributed by atoms with Crippen LogP contribution >= 0.6 is 0 Å². The van der Waals surface area contributed by atoms with E-state index in [2.05, 4.69) is 15.4 Å². The van der Waals surface area contributed by atoms with Crippen molar-refractivity contribution in [2.45, 2.75) is 31.2 Å². The molecular formula is C14H22N4O4S. The van der Waals surface area contributed by atoms with Gasteiger partial charge in [0.25, 0.3) is 0 Å². The minimum absolute atomic E-state index is 0.0382. The van der Waals surface area contributed by atoms with E-state index in [9.17, 15) is 18.0 Å². The standard InChI is InChI=1S/C14H22N4O4S/c1-14(2,3)18-23(21,22)11-6-4-5-10(7-11)17-13(20)9-16-12(19)8-15/h4-7,18H,8-9,15H2,1-3H3,(H,16,19)(H,17,20). The van der Waals surface area contributed by atoms with E-state index in [0.29, 0.717) is 5.69 Å². The summed E-state index contributed by atoms with van der Waals surface area (Å²) in [5.41, 5.74) is 4.80. The van der Waals surface area contributed by atoms with E-state index >= 15 is 0 Å². The van der Waals surface area contributed by atoms with E-state index in [1.54, 1.807) is 26.8 Å². The molecule has 0 spiro atoms. The van der Waals surface area contributed by atoms with Gasteiger partial charge in [0.1, 0.15) is 0 Å². The van der Waals surface area contributed by atoms with Gasteiger partial charge in [-0.25, -0.2) is 13.1 Å². The molecule has 0 saturated carbocycles. The van der Waals surface area contributed by atoms with Gasteiger partial charge in [0.15, 0.2) is 0 Å². The Morgan fingerprint density at radius 1 is 1.17 bits per heavy atom. The molecule has 1 aromatic carbocycles. The Hall–Kier alpha value is -1.97. The van der Waals surface area contributed by atoms with Crippen molar-refractivity contribution in [1.82, 2.24) is 10.0 Å². The number of rotatable bonds is 6. The summed E-state index contributed by atoms with van der Waals surface area (Å²) in [6, 6.07) is 5.85. The molecule has 0 heterocycles. The number of nitrogens with one attached hydrogen (secondary N) is 3. The molecule has 0 aliphatic carbocycles. The van der Waals surface area contributed by atoms with Gasteiger partial charge in [-0.2, -0.15) is 0 Å². The Labute approximate surface area is 135 Å². The van der Waals surface area contributed by atoms with Crippen LogP contribution in [0.1, 0.15) is 20.8 Å². The molecule has 1 aromatic rings. The Kier molecular flexibility index (Phi) is 6.25. The highest BCUT2D eigenvalue weighted by atomic mass is 32.2. The molecule has 0 aromatic heterocycles. The molecule has 0 unspecified atom stereocenters. The number of nitrogens with two attached hydrogens (primary N) is 1. The number of sulfonamides is 1. The van der Waals surface area contributed by atoms with Crippen LogP contribution in [0.15, 0.2) is 29.2 Å². The topological polar surface area (TPSA) is 130 Å². The fourth-order valence-corrected chi connectivity index (χ4v) is 3.12. The van der Waals surface area contributed by atoms with E-state index in [4.69, 9.17) is 5.73 Å². The third-order valence-corrected chi connectivity index (χ3v) is 4.26. The van der Waals surface area contributed by atoms with Gasteiger partial charge in [0.2, 0.25) is 21.8 Å². The summed E-state index contributed by atoms with van der Waals surface area (Å²) in [6.07, 6.45) is 0. The molecule has 0 fully saturated rings. The number of hydrogen-bond donors (Lipinski definition) is 4. The number of hydrogen-bond acceptors (Lipinski definition) is 5. The third kappa shape index (κ3) is 6.76. The third-order valence-electron chi connectivity index (χ3n) is 2.50. The predicted octanol–water partition coefficient (Wildman–Crippen LogP) is -0.223. The number of carbonyl (C=O) groups excluding carboxylic acids is 2. The summed E-state index contributed by atoms with van der Waals surface area (Å²) in [6.45, 7) is 4.75. The van der Waals surface area contributed by atoms with E-state index in [0.717, 1.165) is 0 Å². The summed E-state index contributed by atoms with van der Waals surface area (Å²) in [4.78, 5) is 22.7. The van der Waals surface area contributed by atoms with Crippen LogP contribution in [0.2, 0.25) is 0 Å². The molecular weight excluding hydrogens is 320 g/mol. The van der Waals surface area contributed by atoms with Crippen LogP contribution in [-0.2, 0) is 19.6 Å². The molecule has 2 amide bonds. The van der Waals surface area contributed by atoms with Gasteiger partial charge in [-0.3, -0.25) is 9.59 Å². The molecule has 128 valence electrons. The maximum Gasteiger partial charge on any atom is 0.243 e. The monoisotopic (exact) mass is 342 g/mol. The van der Waals surface area contributed by atoms with Gasteiger partial charge in [-0.15, -0.1) is 0 Å². The number of carbonyl (C=O) groups is 2. The first-order valence-corrected chi connectivity index (χ1v) is 8.42. The first-order chi connectivity index (χ1) is 10.5. The maximum atomic E-state index is 12.2. The van der Waals surface area contributed by atoms with Crippen molar-refractivity contribution in [2.75, 3.05) is 18.4 Å². The highest BCUT2D eigenvalue weighted by Crippen LogP contribution is 2.17. The Bertz CT molecular complexity index is 680. The summed E-state index contributed by atoms with van der Waals surface area (Å²) in [5.74, 6) is -0.934. The van der Waals surface area contributed by atoms with Crippen LogP contribution < -0.4 is 21.1 Å². The lowest BCUT2D eigenvalue weighted by Gasteiger charge is -2.20. The number of benzene rings is 1. The molecule has 23 heavy (non-hydrogen) atoms. The van der Waals surface area contributed by atoms with Gasteiger partial charge >= 0.3 is 0 Å². The molecule has 0 atom stereocenters. The van der Waals surface area contributed by atoms with Gasteiger partial charge in [0.05, 0.1) is 18.0 Å². The van der Waals surface area contributed by atoms with Crippen molar-refractivity contribution in [1.29, 1.82) is 0 Å². The van der Waals surface area contributed by atoms with Crippen molar-refractivity contribution in [3.8, 4) is 0 Å². The quantitative estimate of drug-likeness (QED) is 0.567. The first kappa shape index (κ1) is 19.1. The maximum absolute atomic E-state index is 12.2. The highest BCUT2D eigenvalue weighted by Gasteiger charge is 2.22. The average molecular weight is 342 g/mol. The smallest absolute Gasteiger partial charge is 0.243 e. The van der Waals surface area contributed by atoms with Crippen LogP contribution in [-0.4, -0.2) is 38.9 Å². The zero-order valence-corrected chi connectivity index (χ0v) is 14.2. The van der Waals surface area contributed by atoms with Crippen molar-refractivity contribution in [3.63, 3.8) is 0 Å². The molecule has 0 saturated heterocycles. The van der Waals surface area contributed by atoms with Crippen LogP contribution in [0.25, 0.3) is 0 Å². The second kappa shape index (κ2) is 7.53. The molecule has 0 aliphatic rings. The minimum atomic E-state index is -3.69. The fourth-order valence-electron chi connectivity index (χ4n) is 1.66. The van der Waals surface area contributed by atoms with Crippen molar-refractivity contribution < 1.29 is 18.0 Å². The summed E-state index contributed by atoms with van der Waals surface area (Å²) in [5, 5.41) is 4.83. The molecule has 0 radical (unpaired) electrons. The largest absolute Gasteiger partial charge is 0.346 e. The second-order valence-electron chi connectivity index (χ2n) is 5.91. The van der Waals surface area contributed by atoms with Gasteiger partial charge in [0, 0.05) is 11.2 Å². The predicted molar refractivity (Wildman–Crippen MR) is 87.2 cm³/mol. The van der Waals surface area contributed by atoms with Crippen LogP contribution in [0.5, 0.6) is 0 Å². The Balaban J connectivity index is 2.81. The summed E-state index contributed by atoms with van der Waals surface area (Å²) >= 11 is 0. The van der Waals surface area contributed by atoms with Crippen molar-refractivity contribution >= 4 is 27.5 Å². The van der Waals surface area contributed by atoms with Crippen molar-refractivity contribution in [3.05, 3.63) is 24.3 Å². The van der Waals surface area contributed by atoms with Crippen LogP contribution in [0, 0.1) is 0 Å². The van der Waals surface area contributed by atoms with Gasteiger partial charge < -0.3 is 16.4 Å². The lowest BCUT2D eigenvalue weighted by atomic mass is 10.1. The fraction of sp³-hybridized carbons (Fsp3) is 0.429. The van der Waals surface area contributed by atoms with E-state index in [1.807, 2.05) is 0 Å². The van der Waals surface area contributed by atoms with E-state index in [-0.39, 0.29) is 18.0 Å². The van der Waals surface area contributed by atoms with Gasteiger partial charge in [-0.1, -0.05) is 6.07 Å². The first-order valence-electron chi connectivity index (χ1n) is 6.94. The Morgan fingerprint density at radius 3 is 2.39 bits per heavy atom. The number of amides is 2. The lowest BCUT2D eigenvalue weighted by Crippen LogP contribution is -2.40. The zero-order valence-electron chi connectivity index (χ0n) is 13.3. The molecule has 9 heteroatoms. The van der Waals surface area contributed by atoms with Crippen LogP contribution in [0.4, 0.5) is 5.69 Å². The Morgan fingerprint density at radius 2 is 1.83 bits per heavy atom. The zero-order chi connectivity index (χ0) is 17.7. The normalized spacial score (nSPS) is 11.8. The molecule has 8 nitrogen and oxygen atoms in total. The molecule has 1 rings (SSSR count). The molecule has 5 N–H and O–H groups in total. The lowest BCUT2D eigenvalue weighted by molar-refractivity contribution is -0.123. The minimum Gasteiger partial charge on any atom is -0.346 e. The van der Waals surface area contributed by atoms with Crippen molar-refractivity contribution in [2.24, 2.45) is 5.73 Å². The highest BCUT2D eigenvalue weighted by molar-refractivity contribution is 7.89. The van der Waals surface area contributed by atoms with E-state index < -0.39 is 27.4 Å². The SMILES string of the molecule is CC(C)(C)NS(=O)(=O)c1cccc(NC(=O)CNC(=O)CN)c1. The molecule has 0 aliphatic heterocycles. The average Bonchev–Trinajstić information content (AvgIpc) is 2.42. The van der Waals surface area contributed by atoms with Gasteiger partial charge in [-0.05, 0) is 39.0 Å². The van der Waals surface area contributed by atoms with E-state index in [1.165, 1.54) is 18.2 Å². The molecule has 0 bridgehead atoms. The van der Waals surface area contributed by atoms with Crippen LogP contribution in [0.3, 0.4) is 0 Å². The summed E-state index contributed by atoms with van der Waals surface area (Å²) in [7, 11) is -3.69. The second-order valence-corrected chi connectivity index (χ2v) is 7.59. The number of anilines is 1.